The largest absolute Gasteiger partial charge is 0.368 e. The zero-order valence-corrected chi connectivity index (χ0v) is 10.1. The van der Waals surface area contributed by atoms with Crippen molar-refractivity contribution in [2.45, 2.75) is 38.3 Å². The second-order valence-corrected chi connectivity index (χ2v) is 4.89. The van der Waals surface area contributed by atoms with Crippen LogP contribution in [0, 0.1) is 0 Å². The molecular formula is C14H17NO2. The van der Waals surface area contributed by atoms with Gasteiger partial charge in [0.1, 0.15) is 6.10 Å². The molecule has 3 rings (SSSR count). The number of hydrogen-bond donors (Lipinski definition) is 0. The lowest BCUT2D eigenvalue weighted by atomic mass is 10.1. The maximum Gasteiger partial charge on any atom is 0.256 e. The molecule has 2 unspecified atom stereocenters. The van der Waals surface area contributed by atoms with Crippen LogP contribution in [-0.4, -0.2) is 24.7 Å². The van der Waals surface area contributed by atoms with E-state index in [0.29, 0.717) is 0 Å². The van der Waals surface area contributed by atoms with E-state index in [2.05, 4.69) is 13.0 Å². The Bertz CT molecular complexity index is 438. The molecule has 3 heteroatoms. The first-order valence-corrected chi connectivity index (χ1v) is 6.30. The fourth-order valence-electron chi connectivity index (χ4n) is 2.83. The molecule has 0 saturated carbocycles. The Kier molecular flexibility index (Phi) is 2.63. The highest BCUT2D eigenvalue weighted by atomic mass is 16.5. The van der Waals surface area contributed by atoms with E-state index in [9.17, 15) is 4.79 Å². The Hall–Kier alpha value is -1.35. The first-order chi connectivity index (χ1) is 8.27. The molecule has 0 bridgehead atoms. The average molecular weight is 231 g/mol. The second kappa shape index (κ2) is 4.15. The van der Waals surface area contributed by atoms with Gasteiger partial charge in [0.2, 0.25) is 0 Å². The van der Waals surface area contributed by atoms with Crippen LogP contribution in [0.15, 0.2) is 24.3 Å². The van der Waals surface area contributed by atoms with E-state index in [-0.39, 0.29) is 18.1 Å². The van der Waals surface area contributed by atoms with Crippen molar-refractivity contribution in [2.75, 3.05) is 11.5 Å². The zero-order valence-electron chi connectivity index (χ0n) is 10.1. The third-order valence-electron chi connectivity index (χ3n) is 3.65. The predicted molar refractivity (Wildman–Crippen MR) is 66.1 cm³/mol. The summed E-state index contributed by atoms with van der Waals surface area (Å²) >= 11 is 0. The fourth-order valence-corrected chi connectivity index (χ4v) is 2.83. The second-order valence-electron chi connectivity index (χ2n) is 4.89. The number of carbonyl (C=O) groups is 1. The van der Waals surface area contributed by atoms with Gasteiger partial charge < -0.3 is 9.64 Å². The molecule has 0 spiro atoms. The Labute approximate surface area is 101 Å². The molecule has 2 aliphatic heterocycles. The summed E-state index contributed by atoms with van der Waals surface area (Å²) in [7, 11) is 0. The van der Waals surface area contributed by atoms with Gasteiger partial charge >= 0.3 is 0 Å². The Morgan fingerprint density at radius 2 is 2.24 bits per heavy atom. The van der Waals surface area contributed by atoms with Crippen LogP contribution >= 0.6 is 0 Å². The minimum Gasteiger partial charge on any atom is -0.368 e. The van der Waals surface area contributed by atoms with Gasteiger partial charge in [-0.25, -0.2) is 0 Å². The molecule has 2 atom stereocenters. The number of carbonyl (C=O) groups excluding carboxylic acids is 1. The van der Waals surface area contributed by atoms with E-state index >= 15 is 0 Å². The smallest absolute Gasteiger partial charge is 0.256 e. The van der Waals surface area contributed by atoms with Gasteiger partial charge in [-0.2, -0.15) is 0 Å². The van der Waals surface area contributed by atoms with Crippen molar-refractivity contribution < 1.29 is 9.53 Å². The molecule has 90 valence electrons. The Morgan fingerprint density at radius 3 is 3.00 bits per heavy atom. The summed E-state index contributed by atoms with van der Waals surface area (Å²) in [5.74, 6) is 0.139. The van der Waals surface area contributed by atoms with E-state index in [1.54, 1.807) is 0 Å². The Morgan fingerprint density at radius 1 is 1.41 bits per heavy atom. The molecule has 1 fully saturated rings. The van der Waals surface area contributed by atoms with Crippen LogP contribution < -0.4 is 4.90 Å². The molecule has 1 aromatic carbocycles. The molecule has 0 N–H and O–H groups in total. The number of amides is 1. The fraction of sp³-hybridized carbons (Fsp3) is 0.500. The third-order valence-corrected chi connectivity index (χ3v) is 3.65. The van der Waals surface area contributed by atoms with E-state index in [4.69, 9.17) is 4.74 Å². The first kappa shape index (κ1) is 10.8. The van der Waals surface area contributed by atoms with E-state index < -0.39 is 0 Å². The molecule has 2 heterocycles. The van der Waals surface area contributed by atoms with Crippen molar-refractivity contribution in [1.82, 2.24) is 0 Å². The summed E-state index contributed by atoms with van der Waals surface area (Å²) in [6.07, 6.45) is 2.60. The molecule has 1 saturated heterocycles. The maximum absolute atomic E-state index is 12.4. The topological polar surface area (TPSA) is 29.5 Å². The molecule has 0 aliphatic carbocycles. The first-order valence-electron chi connectivity index (χ1n) is 6.30. The van der Waals surface area contributed by atoms with Gasteiger partial charge in [-0.3, -0.25) is 4.79 Å². The number of ether oxygens (including phenoxy) is 1. The predicted octanol–water partition coefficient (Wildman–Crippen LogP) is 2.14. The van der Waals surface area contributed by atoms with Gasteiger partial charge in [0, 0.05) is 18.3 Å². The monoisotopic (exact) mass is 231 g/mol. The molecule has 0 aromatic heterocycles. The lowest BCUT2D eigenvalue weighted by Gasteiger charge is -2.25. The molecule has 1 amide bonds. The summed E-state index contributed by atoms with van der Waals surface area (Å²) in [4.78, 5) is 14.3. The van der Waals surface area contributed by atoms with Gasteiger partial charge in [-0.05, 0) is 37.8 Å². The maximum atomic E-state index is 12.4. The van der Waals surface area contributed by atoms with Crippen molar-refractivity contribution in [3.05, 3.63) is 29.8 Å². The highest BCUT2D eigenvalue weighted by Crippen LogP contribution is 2.33. The van der Waals surface area contributed by atoms with E-state index in [1.807, 2.05) is 23.1 Å². The minimum absolute atomic E-state index is 0.139. The number of rotatable bonds is 1. The van der Waals surface area contributed by atoms with Gasteiger partial charge in [0.25, 0.3) is 5.91 Å². The van der Waals surface area contributed by atoms with Crippen molar-refractivity contribution in [3.63, 3.8) is 0 Å². The van der Waals surface area contributed by atoms with Crippen molar-refractivity contribution in [3.8, 4) is 0 Å². The van der Waals surface area contributed by atoms with E-state index in [0.717, 1.165) is 31.6 Å². The van der Waals surface area contributed by atoms with Crippen molar-refractivity contribution >= 4 is 11.6 Å². The SMILES string of the molecule is CC1Cc2ccccc2N1C(=O)C1CCCO1. The van der Waals surface area contributed by atoms with Crippen LogP contribution in [0.5, 0.6) is 0 Å². The average Bonchev–Trinajstić information content (AvgIpc) is 2.94. The number of benzene rings is 1. The van der Waals surface area contributed by atoms with Gasteiger partial charge in [-0.1, -0.05) is 18.2 Å². The van der Waals surface area contributed by atoms with Crippen molar-refractivity contribution in [1.29, 1.82) is 0 Å². The molecule has 2 aliphatic rings. The number of fused-ring (bicyclic) bond motifs is 1. The summed E-state index contributed by atoms with van der Waals surface area (Å²) in [5, 5.41) is 0. The minimum atomic E-state index is -0.219. The summed E-state index contributed by atoms with van der Waals surface area (Å²) in [6, 6.07) is 8.42. The van der Waals surface area contributed by atoms with Gasteiger partial charge in [-0.15, -0.1) is 0 Å². The van der Waals surface area contributed by atoms with Crippen LogP contribution in [0.3, 0.4) is 0 Å². The molecule has 1 aromatic rings. The highest BCUT2D eigenvalue weighted by Gasteiger charge is 2.36. The summed E-state index contributed by atoms with van der Waals surface area (Å²) in [5.41, 5.74) is 2.34. The molecule has 17 heavy (non-hydrogen) atoms. The van der Waals surface area contributed by atoms with Gasteiger partial charge in [0.05, 0.1) is 0 Å². The summed E-state index contributed by atoms with van der Waals surface area (Å²) < 4.78 is 5.50. The van der Waals surface area contributed by atoms with Crippen LogP contribution in [0.4, 0.5) is 5.69 Å². The Balaban J connectivity index is 1.89. The zero-order chi connectivity index (χ0) is 11.8. The van der Waals surface area contributed by atoms with Crippen LogP contribution in [0.1, 0.15) is 25.3 Å². The normalized spacial score (nSPS) is 27.2. The van der Waals surface area contributed by atoms with Crippen LogP contribution in [-0.2, 0) is 16.0 Å². The highest BCUT2D eigenvalue weighted by molar-refractivity contribution is 5.99. The standard InChI is InChI=1S/C14H17NO2/c1-10-9-11-5-2-3-6-12(11)15(10)14(16)13-7-4-8-17-13/h2-3,5-6,10,13H,4,7-9H2,1H3. The lowest BCUT2D eigenvalue weighted by Crippen LogP contribution is -2.42. The number of anilines is 1. The molecular weight excluding hydrogens is 214 g/mol. The van der Waals surface area contributed by atoms with Crippen LogP contribution in [0.2, 0.25) is 0 Å². The number of para-hydroxylation sites is 1. The third kappa shape index (κ3) is 1.75. The van der Waals surface area contributed by atoms with Gasteiger partial charge in [0.15, 0.2) is 0 Å². The number of nitrogens with zero attached hydrogens (tertiary/aromatic N) is 1. The van der Waals surface area contributed by atoms with Crippen molar-refractivity contribution in [2.24, 2.45) is 0 Å². The number of hydrogen-bond acceptors (Lipinski definition) is 2. The molecule has 0 radical (unpaired) electrons. The summed E-state index contributed by atoms with van der Waals surface area (Å²) in [6.45, 7) is 2.83. The lowest BCUT2D eigenvalue weighted by molar-refractivity contribution is -0.127. The molecule has 3 nitrogen and oxygen atoms in total. The quantitative estimate of drug-likeness (QED) is 0.741. The van der Waals surface area contributed by atoms with E-state index in [1.165, 1.54) is 5.56 Å². The van der Waals surface area contributed by atoms with Crippen LogP contribution in [0.25, 0.3) is 0 Å².